The van der Waals surface area contributed by atoms with E-state index in [0.717, 1.165) is 24.3 Å². The van der Waals surface area contributed by atoms with Gasteiger partial charge < -0.3 is 10.3 Å². The average molecular weight is 259 g/mol. The fourth-order valence-electron chi connectivity index (χ4n) is 1.86. The summed E-state index contributed by atoms with van der Waals surface area (Å²) in [5.74, 6) is 2.04. The Morgan fingerprint density at radius 1 is 1.62 bits per heavy atom. The first kappa shape index (κ1) is 11.8. The summed E-state index contributed by atoms with van der Waals surface area (Å²) in [6.45, 7) is 0.347. The van der Waals surface area contributed by atoms with Gasteiger partial charge in [-0.1, -0.05) is 0 Å². The molecule has 0 amide bonds. The molecule has 1 aromatic heterocycles. The van der Waals surface area contributed by atoms with Crippen molar-refractivity contribution in [3.63, 3.8) is 0 Å². The number of carbonyl (C=O) groups is 1. The molecule has 0 bridgehead atoms. The lowest BCUT2D eigenvalue weighted by molar-refractivity contribution is 0.0771. The van der Waals surface area contributed by atoms with Crippen molar-refractivity contribution in [2.45, 2.75) is 12.8 Å². The summed E-state index contributed by atoms with van der Waals surface area (Å²) in [5.41, 5.74) is 5.27. The number of nitrogens with one attached hydrogen (secondary N) is 1. The lowest BCUT2D eigenvalue weighted by Crippen LogP contribution is -2.42. The third kappa shape index (κ3) is 2.07. The van der Waals surface area contributed by atoms with Gasteiger partial charge in [0.25, 0.3) is 0 Å². The van der Waals surface area contributed by atoms with Crippen molar-refractivity contribution in [2.75, 3.05) is 18.1 Å². The van der Waals surface area contributed by atoms with Crippen LogP contribution in [0, 0.1) is 10.3 Å². The summed E-state index contributed by atoms with van der Waals surface area (Å²) >= 11 is 6.58. The Hall–Kier alpha value is -0.660. The molecule has 2 heterocycles. The predicted octanol–water partition coefficient (Wildman–Crippen LogP) is 1.39. The van der Waals surface area contributed by atoms with E-state index in [9.17, 15) is 4.79 Å². The van der Waals surface area contributed by atoms with E-state index in [2.05, 4.69) is 10.1 Å². The summed E-state index contributed by atoms with van der Waals surface area (Å²) in [4.78, 5) is 16.2. The zero-order valence-electron chi connectivity index (χ0n) is 8.69. The van der Waals surface area contributed by atoms with E-state index in [0.29, 0.717) is 6.54 Å². The second-order valence-corrected chi connectivity index (χ2v) is 5.43. The molecular formula is C9H13N3O2S2. The van der Waals surface area contributed by atoms with Gasteiger partial charge in [0.1, 0.15) is 0 Å². The van der Waals surface area contributed by atoms with Gasteiger partial charge in [0.15, 0.2) is 0 Å². The topological polar surface area (TPSA) is 84.9 Å². The number of aromatic amines is 1. The summed E-state index contributed by atoms with van der Waals surface area (Å²) < 4.78 is 4.78. The van der Waals surface area contributed by atoms with Crippen LogP contribution in [-0.4, -0.2) is 34.0 Å². The van der Waals surface area contributed by atoms with Crippen LogP contribution in [0.5, 0.6) is 0 Å². The molecule has 0 spiro atoms. The van der Waals surface area contributed by atoms with Crippen LogP contribution in [0.1, 0.15) is 23.5 Å². The van der Waals surface area contributed by atoms with Crippen molar-refractivity contribution >= 4 is 29.8 Å². The minimum atomic E-state index is -0.486. The Morgan fingerprint density at radius 2 is 2.31 bits per heavy atom. The molecule has 5 nitrogen and oxygen atoms in total. The number of hydrogen-bond acceptors (Lipinski definition) is 6. The summed E-state index contributed by atoms with van der Waals surface area (Å²) in [6, 6.07) is 0. The smallest absolute Gasteiger partial charge is 0.314 e. The Morgan fingerprint density at radius 3 is 2.81 bits per heavy atom. The summed E-state index contributed by atoms with van der Waals surface area (Å²) in [6.07, 6.45) is 1.58. The van der Waals surface area contributed by atoms with E-state index >= 15 is 0 Å². The van der Waals surface area contributed by atoms with E-state index < -0.39 is 5.41 Å². The van der Waals surface area contributed by atoms with Crippen LogP contribution >= 0.6 is 24.0 Å². The summed E-state index contributed by atoms with van der Waals surface area (Å²) in [5, 5.41) is 2.46. The number of thioether (sulfide) groups is 1. The number of Topliss-reactive ketones (excluding diaryl/α,β-unsaturated/α-hetero) is 1. The predicted molar refractivity (Wildman–Crippen MR) is 64.1 cm³/mol. The van der Waals surface area contributed by atoms with Gasteiger partial charge in [0, 0.05) is 6.54 Å². The van der Waals surface area contributed by atoms with Gasteiger partial charge in [-0.15, -0.1) is 0 Å². The lowest BCUT2D eigenvalue weighted by Gasteiger charge is -2.33. The maximum atomic E-state index is 12.3. The van der Waals surface area contributed by atoms with E-state index in [1.165, 1.54) is 0 Å². The standard InChI is InChI=1S/C9H13N3O2S2/c10-5-9(1-3-16-4-2-9)6(13)7-11-8(15)14-12-7/h1-5,10H2,(H,11,12,15). The van der Waals surface area contributed by atoms with Gasteiger partial charge >= 0.3 is 4.84 Å². The molecule has 3 N–H and O–H groups in total. The molecule has 16 heavy (non-hydrogen) atoms. The Balaban J connectivity index is 2.27. The molecular weight excluding hydrogens is 246 g/mol. The molecule has 88 valence electrons. The third-order valence-electron chi connectivity index (χ3n) is 2.98. The van der Waals surface area contributed by atoms with E-state index in [1.54, 1.807) is 0 Å². The summed E-state index contributed by atoms with van der Waals surface area (Å²) in [7, 11) is 0. The fourth-order valence-corrected chi connectivity index (χ4v) is 3.27. The molecule has 0 aromatic carbocycles. The quantitative estimate of drug-likeness (QED) is 0.630. The Labute approximate surface area is 102 Å². The minimum absolute atomic E-state index is 0.0562. The van der Waals surface area contributed by atoms with Crippen molar-refractivity contribution in [1.29, 1.82) is 0 Å². The first-order valence-electron chi connectivity index (χ1n) is 5.06. The Kier molecular flexibility index (Phi) is 3.46. The van der Waals surface area contributed by atoms with Crippen molar-refractivity contribution in [2.24, 2.45) is 11.1 Å². The molecule has 1 fully saturated rings. The highest BCUT2D eigenvalue weighted by Gasteiger charge is 2.40. The van der Waals surface area contributed by atoms with Gasteiger partial charge in [0.05, 0.1) is 5.41 Å². The molecule has 2 rings (SSSR count). The highest BCUT2D eigenvalue weighted by Crippen LogP contribution is 2.36. The second kappa shape index (κ2) is 4.68. The van der Waals surface area contributed by atoms with Crippen molar-refractivity contribution in [3.05, 3.63) is 10.7 Å². The Bertz CT molecular complexity index is 434. The number of nitrogens with two attached hydrogens (primary N) is 1. The van der Waals surface area contributed by atoms with Crippen molar-refractivity contribution in [1.82, 2.24) is 10.1 Å². The number of rotatable bonds is 3. The van der Waals surface area contributed by atoms with E-state index in [1.807, 2.05) is 11.8 Å². The SMILES string of the molecule is NCC1(C(=O)c2nc(=S)o[nH]2)CCSCC1. The van der Waals surface area contributed by atoms with Crippen LogP contribution in [0.25, 0.3) is 0 Å². The van der Waals surface area contributed by atoms with Crippen LogP contribution < -0.4 is 5.73 Å². The number of hydrogen-bond donors (Lipinski definition) is 2. The molecule has 1 aliphatic rings. The van der Waals surface area contributed by atoms with Crippen LogP contribution in [0.15, 0.2) is 4.52 Å². The van der Waals surface area contributed by atoms with E-state index in [4.69, 9.17) is 22.5 Å². The highest BCUT2D eigenvalue weighted by atomic mass is 32.2. The molecule has 0 radical (unpaired) electrons. The fraction of sp³-hybridized carbons (Fsp3) is 0.667. The first-order chi connectivity index (χ1) is 7.68. The van der Waals surface area contributed by atoms with Crippen LogP contribution in [0.2, 0.25) is 0 Å². The number of aromatic nitrogens is 2. The molecule has 0 atom stereocenters. The maximum Gasteiger partial charge on any atom is 0.314 e. The number of nitrogens with zero attached hydrogens (tertiary/aromatic N) is 1. The first-order valence-corrected chi connectivity index (χ1v) is 6.62. The van der Waals surface area contributed by atoms with Gasteiger partial charge in [-0.25, -0.2) is 0 Å². The van der Waals surface area contributed by atoms with Gasteiger partial charge in [-0.05, 0) is 36.6 Å². The molecule has 1 aliphatic heterocycles. The molecule has 1 aromatic rings. The molecule has 0 unspecified atom stereocenters. The molecule has 0 aliphatic carbocycles. The lowest BCUT2D eigenvalue weighted by atomic mass is 9.77. The monoisotopic (exact) mass is 259 g/mol. The molecule has 7 heteroatoms. The zero-order chi connectivity index (χ0) is 11.6. The van der Waals surface area contributed by atoms with E-state index in [-0.39, 0.29) is 16.4 Å². The van der Waals surface area contributed by atoms with Crippen LogP contribution in [-0.2, 0) is 0 Å². The minimum Gasteiger partial charge on any atom is -0.348 e. The normalized spacial score (nSPS) is 19.6. The second-order valence-electron chi connectivity index (χ2n) is 3.86. The van der Waals surface area contributed by atoms with Crippen LogP contribution in [0.4, 0.5) is 0 Å². The van der Waals surface area contributed by atoms with Gasteiger partial charge in [0.2, 0.25) is 11.6 Å². The molecule has 1 saturated heterocycles. The zero-order valence-corrected chi connectivity index (χ0v) is 10.3. The average Bonchev–Trinajstić information content (AvgIpc) is 2.76. The highest BCUT2D eigenvalue weighted by molar-refractivity contribution is 7.99. The van der Waals surface area contributed by atoms with Gasteiger partial charge in [-0.3, -0.25) is 4.79 Å². The maximum absolute atomic E-state index is 12.3. The number of ketones is 1. The van der Waals surface area contributed by atoms with Crippen molar-refractivity contribution in [3.8, 4) is 0 Å². The number of H-pyrrole nitrogens is 1. The van der Waals surface area contributed by atoms with Crippen molar-refractivity contribution < 1.29 is 9.32 Å². The third-order valence-corrected chi connectivity index (χ3v) is 4.14. The molecule has 0 saturated carbocycles. The van der Waals surface area contributed by atoms with Crippen LogP contribution in [0.3, 0.4) is 0 Å². The largest absolute Gasteiger partial charge is 0.348 e. The van der Waals surface area contributed by atoms with Gasteiger partial charge in [-0.2, -0.15) is 21.9 Å². The number of carbonyl (C=O) groups excluding carboxylic acids is 1.